The van der Waals surface area contributed by atoms with Crippen LogP contribution in [0.4, 0.5) is 11.5 Å². The average Bonchev–Trinajstić information content (AvgIpc) is 2.90. The molecule has 0 saturated heterocycles. The number of amides is 1. The number of thioether (sulfide) groups is 1. The maximum Gasteiger partial charge on any atom is 0.389 e. The molecule has 1 atom stereocenters. The molecule has 1 aromatic heterocycles. The molecule has 7 nitrogen and oxygen atoms in total. The van der Waals surface area contributed by atoms with Gasteiger partial charge in [0.1, 0.15) is 6.54 Å². The first-order valence-electron chi connectivity index (χ1n) is 7.28. The minimum atomic E-state index is -0.569. The Balaban J connectivity index is 1.82. The van der Waals surface area contributed by atoms with Crippen molar-refractivity contribution in [2.24, 2.45) is 0 Å². The number of hydrogen-bond donors (Lipinski definition) is 0. The second-order valence-corrected chi connectivity index (χ2v) is 6.84. The highest BCUT2D eigenvalue weighted by Crippen LogP contribution is 2.37. The first-order chi connectivity index (χ1) is 11.0. The monoisotopic (exact) mass is 332 g/mol. The van der Waals surface area contributed by atoms with Gasteiger partial charge in [-0.2, -0.15) is 4.68 Å². The molecule has 0 bridgehead atoms. The Bertz CT molecular complexity index is 746. The van der Waals surface area contributed by atoms with Crippen LogP contribution in [-0.2, 0) is 11.3 Å². The van der Waals surface area contributed by atoms with Crippen LogP contribution in [0.2, 0.25) is 0 Å². The minimum absolute atomic E-state index is 0.0127. The highest BCUT2D eigenvalue weighted by Gasteiger charge is 2.25. The van der Waals surface area contributed by atoms with Gasteiger partial charge < -0.3 is 15.0 Å². The lowest BCUT2D eigenvalue weighted by Gasteiger charge is -2.21. The first-order valence-corrected chi connectivity index (χ1v) is 8.16. The Hall–Kier alpha value is -2.35. The predicted molar refractivity (Wildman–Crippen MR) is 87.6 cm³/mol. The number of carbonyl (C=O) groups is 1. The van der Waals surface area contributed by atoms with Crippen LogP contribution in [-0.4, -0.2) is 32.4 Å². The fourth-order valence-electron chi connectivity index (χ4n) is 2.51. The van der Waals surface area contributed by atoms with E-state index in [0.717, 1.165) is 17.0 Å². The number of aromatic nitrogens is 2. The van der Waals surface area contributed by atoms with E-state index < -0.39 is 4.92 Å². The van der Waals surface area contributed by atoms with Crippen LogP contribution in [0.3, 0.4) is 0 Å². The molecule has 1 amide bonds. The molecule has 0 unspecified atom stereocenters. The molecule has 0 radical (unpaired) electrons. The fraction of sp³-hybridized carbons (Fsp3) is 0.333. The second-order valence-electron chi connectivity index (χ2n) is 5.36. The standard InChI is InChI=1S/C15H16N4O3S/c1-11-6-9-18(12-4-2-3-5-13(12)23-11)15(20)10-17-8-7-14(16-17)19(21)22/h2-5,7-8,11H,6,9-10H2,1H3/t11-/m1/s1. The molecule has 2 heterocycles. The molecule has 1 aliphatic heterocycles. The number of nitrogens with zero attached hydrogens (tertiary/aromatic N) is 4. The third kappa shape index (κ3) is 3.37. The molecule has 8 heteroatoms. The van der Waals surface area contributed by atoms with Gasteiger partial charge in [-0.25, -0.2) is 0 Å². The second kappa shape index (κ2) is 6.41. The summed E-state index contributed by atoms with van der Waals surface area (Å²) in [7, 11) is 0. The van der Waals surface area contributed by atoms with Crippen molar-refractivity contribution in [3.8, 4) is 0 Å². The zero-order valence-corrected chi connectivity index (χ0v) is 13.4. The lowest BCUT2D eigenvalue weighted by Crippen LogP contribution is -2.35. The quantitative estimate of drug-likeness (QED) is 0.637. The molecule has 0 aliphatic carbocycles. The van der Waals surface area contributed by atoms with Crippen molar-refractivity contribution in [3.05, 3.63) is 46.6 Å². The summed E-state index contributed by atoms with van der Waals surface area (Å²) in [4.78, 5) is 25.6. The lowest BCUT2D eigenvalue weighted by molar-refractivity contribution is -0.389. The van der Waals surface area contributed by atoms with Crippen molar-refractivity contribution in [1.82, 2.24) is 9.78 Å². The van der Waals surface area contributed by atoms with E-state index in [2.05, 4.69) is 12.0 Å². The summed E-state index contributed by atoms with van der Waals surface area (Å²) in [5, 5.41) is 14.9. The van der Waals surface area contributed by atoms with E-state index in [1.165, 1.54) is 16.9 Å². The number of rotatable bonds is 3. The third-order valence-electron chi connectivity index (χ3n) is 3.66. The topological polar surface area (TPSA) is 81.3 Å². The molecule has 0 fully saturated rings. The van der Waals surface area contributed by atoms with Gasteiger partial charge in [-0.1, -0.05) is 19.1 Å². The van der Waals surface area contributed by atoms with Gasteiger partial charge in [0.25, 0.3) is 5.91 Å². The summed E-state index contributed by atoms with van der Waals surface area (Å²) < 4.78 is 1.31. The predicted octanol–water partition coefficient (Wildman–Crippen LogP) is 2.71. The molecule has 1 aliphatic rings. The fourth-order valence-corrected chi connectivity index (χ4v) is 3.62. The molecular formula is C15H16N4O3S. The van der Waals surface area contributed by atoms with Gasteiger partial charge in [0, 0.05) is 16.7 Å². The van der Waals surface area contributed by atoms with Crippen molar-refractivity contribution in [2.45, 2.75) is 30.0 Å². The molecule has 0 N–H and O–H groups in total. The molecule has 0 saturated carbocycles. The van der Waals surface area contributed by atoms with E-state index in [9.17, 15) is 14.9 Å². The normalized spacial score (nSPS) is 17.4. The smallest absolute Gasteiger partial charge is 0.358 e. The van der Waals surface area contributed by atoms with Gasteiger partial charge in [-0.3, -0.25) is 4.79 Å². The SMILES string of the molecule is C[C@@H]1CCN(C(=O)Cn2ccc([N+](=O)[O-])n2)c2ccccc2S1. The summed E-state index contributed by atoms with van der Waals surface area (Å²) in [5.74, 6) is -0.372. The zero-order valence-electron chi connectivity index (χ0n) is 12.6. The minimum Gasteiger partial charge on any atom is -0.358 e. The van der Waals surface area contributed by atoms with Crippen molar-refractivity contribution in [2.75, 3.05) is 11.4 Å². The Morgan fingerprint density at radius 2 is 2.22 bits per heavy atom. The van der Waals surface area contributed by atoms with E-state index in [-0.39, 0.29) is 18.3 Å². The van der Waals surface area contributed by atoms with Crippen LogP contribution < -0.4 is 4.90 Å². The summed E-state index contributed by atoms with van der Waals surface area (Å²) in [6, 6.07) is 9.12. The van der Waals surface area contributed by atoms with Crippen molar-refractivity contribution in [3.63, 3.8) is 0 Å². The van der Waals surface area contributed by atoms with Gasteiger partial charge in [-0.05, 0) is 23.5 Å². The van der Waals surface area contributed by atoms with Gasteiger partial charge in [0.2, 0.25) is 0 Å². The lowest BCUT2D eigenvalue weighted by atomic mass is 10.2. The Morgan fingerprint density at radius 1 is 1.43 bits per heavy atom. The number of hydrogen-bond acceptors (Lipinski definition) is 5. The number of fused-ring (bicyclic) bond motifs is 1. The molecule has 23 heavy (non-hydrogen) atoms. The summed E-state index contributed by atoms with van der Waals surface area (Å²) in [6.07, 6.45) is 2.35. The van der Waals surface area contributed by atoms with Crippen molar-refractivity contribution in [1.29, 1.82) is 0 Å². The van der Waals surface area contributed by atoms with Crippen molar-refractivity contribution < 1.29 is 9.72 Å². The highest BCUT2D eigenvalue weighted by molar-refractivity contribution is 8.00. The Morgan fingerprint density at radius 3 is 2.96 bits per heavy atom. The Labute approximate surface area is 137 Å². The number of carbonyl (C=O) groups excluding carboxylic acids is 1. The van der Waals surface area contributed by atoms with Crippen LogP contribution in [0.5, 0.6) is 0 Å². The van der Waals surface area contributed by atoms with E-state index in [1.54, 1.807) is 16.7 Å². The van der Waals surface area contributed by atoms with Gasteiger partial charge in [0.05, 0.1) is 23.0 Å². The molecular weight excluding hydrogens is 316 g/mol. The highest BCUT2D eigenvalue weighted by atomic mass is 32.2. The zero-order chi connectivity index (χ0) is 16.4. The average molecular weight is 332 g/mol. The maximum atomic E-state index is 12.7. The van der Waals surface area contributed by atoms with Gasteiger partial charge in [0.15, 0.2) is 0 Å². The van der Waals surface area contributed by atoms with Crippen LogP contribution >= 0.6 is 11.8 Å². The van der Waals surface area contributed by atoms with E-state index in [1.807, 2.05) is 24.3 Å². The maximum absolute atomic E-state index is 12.7. The van der Waals surface area contributed by atoms with E-state index in [0.29, 0.717) is 11.8 Å². The molecule has 120 valence electrons. The number of para-hydroxylation sites is 1. The van der Waals surface area contributed by atoms with Gasteiger partial charge >= 0.3 is 5.82 Å². The van der Waals surface area contributed by atoms with Crippen LogP contribution in [0.25, 0.3) is 0 Å². The Kier molecular flexibility index (Phi) is 4.33. The van der Waals surface area contributed by atoms with Crippen LogP contribution in [0, 0.1) is 10.1 Å². The number of anilines is 1. The van der Waals surface area contributed by atoms with E-state index >= 15 is 0 Å². The largest absolute Gasteiger partial charge is 0.389 e. The summed E-state index contributed by atoms with van der Waals surface area (Å²) >= 11 is 1.76. The number of nitro groups is 1. The number of benzene rings is 1. The summed E-state index contributed by atoms with van der Waals surface area (Å²) in [5.41, 5.74) is 0.897. The van der Waals surface area contributed by atoms with Crippen LogP contribution in [0.15, 0.2) is 41.4 Å². The first kappa shape index (κ1) is 15.5. The molecule has 3 rings (SSSR count). The molecule has 2 aromatic rings. The van der Waals surface area contributed by atoms with Crippen molar-refractivity contribution >= 4 is 29.2 Å². The molecule has 0 spiro atoms. The van der Waals surface area contributed by atoms with Crippen LogP contribution in [0.1, 0.15) is 13.3 Å². The summed E-state index contributed by atoms with van der Waals surface area (Å²) in [6.45, 7) is 2.76. The van der Waals surface area contributed by atoms with Gasteiger partial charge in [-0.15, -0.1) is 11.8 Å². The van der Waals surface area contributed by atoms with E-state index in [4.69, 9.17) is 0 Å². The third-order valence-corrected chi connectivity index (χ3v) is 4.89. The molecule has 1 aromatic carbocycles.